The number of carbonyl (C=O) groups excluding carboxylic acids is 2. The van der Waals surface area contributed by atoms with E-state index in [9.17, 15) is 9.59 Å². The third-order valence-electron chi connectivity index (χ3n) is 1.84. The van der Waals surface area contributed by atoms with Crippen LogP contribution < -0.4 is 9.62 Å². The third kappa shape index (κ3) is 4.47. The lowest BCUT2D eigenvalue weighted by Gasteiger charge is -2.08. The molecule has 0 atom stereocenters. The van der Waals surface area contributed by atoms with E-state index in [2.05, 4.69) is 4.89 Å². The average molecular weight is 271 g/mol. The van der Waals surface area contributed by atoms with E-state index in [0.29, 0.717) is 11.3 Å². The summed E-state index contributed by atoms with van der Waals surface area (Å²) in [6.45, 7) is 1.22. The lowest BCUT2D eigenvalue weighted by molar-refractivity contribution is -0.211. The molecule has 1 aromatic carbocycles. The van der Waals surface area contributed by atoms with Gasteiger partial charge < -0.3 is 4.74 Å². The van der Waals surface area contributed by atoms with Crippen LogP contribution in [0, 0.1) is 0 Å². The Morgan fingerprint density at radius 3 is 2.56 bits per heavy atom. The van der Waals surface area contributed by atoms with Gasteiger partial charge in [0.05, 0.1) is 7.11 Å². The molecule has 0 fully saturated rings. The quantitative estimate of drug-likeness (QED) is 0.356. The highest BCUT2D eigenvalue weighted by Crippen LogP contribution is 2.28. The number of hydrogen-bond acceptors (Lipinski definition) is 5. The van der Waals surface area contributed by atoms with Gasteiger partial charge in [0, 0.05) is 6.92 Å². The summed E-state index contributed by atoms with van der Waals surface area (Å²) in [5.41, 5.74) is 0.691. The van der Waals surface area contributed by atoms with Crippen LogP contribution in [0.15, 0.2) is 24.3 Å². The minimum atomic E-state index is -0.575. The zero-order valence-corrected chi connectivity index (χ0v) is 10.6. The minimum absolute atomic E-state index is 0.252. The highest BCUT2D eigenvalue weighted by molar-refractivity contribution is 6.66. The van der Waals surface area contributed by atoms with E-state index in [1.165, 1.54) is 26.2 Å². The van der Waals surface area contributed by atoms with Crippen molar-refractivity contribution in [1.29, 1.82) is 0 Å². The number of carbonyl (C=O) groups is 2. The summed E-state index contributed by atoms with van der Waals surface area (Å²) in [5.74, 6) is 0.0382. The number of allylic oxidation sites excluding steroid dienone is 1. The van der Waals surface area contributed by atoms with E-state index < -0.39 is 11.2 Å². The molecule has 0 N–H and O–H groups in total. The first-order valence-electron chi connectivity index (χ1n) is 4.93. The Morgan fingerprint density at radius 2 is 2.00 bits per heavy atom. The van der Waals surface area contributed by atoms with E-state index >= 15 is 0 Å². The maximum Gasteiger partial charge on any atom is 0.352 e. The molecule has 0 aliphatic carbocycles. The van der Waals surface area contributed by atoms with Crippen molar-refractivity contribution in [3.05, 3.63) is 29.8 Å². The maximum absolute atomic E-state index is 10.6. The number of methoxy groups -OCH3 is 1. The summed E-state index contributed by atoms with van der Waals surface area (Å²) in [6.07, 6.45) is 2.73. The van der Waals surface area contributed by atoms with Gasteiger partial charge in [-0.05, 0) is 35.4 Å². The van der Waals surface area contributed by atoms with Crippen molar-refractivity contribution >= 4 is 28.9 Å². The van der Waals surface area contributed by atoms with Crippen molar-refractivity contribution in [3.8, 4) is 11.5 Å². The molecule has 0 aliphatic heterocycles. The van der Waals surface area contributed by atoms with Gasteiger partial charge in [0.25, 0.3) is 0 Å². The second kappa shape index (κ2) is 6.66. The van der Waals surface area contributed by atoms with Gasteiger partial charge in [0.15, 0.2) is 5.75 Å². The van der Waals surface area contributed by atoms with Gasteiger partial charge in [-0.25, -0.2) is 4.79 Å². The highest BCUT2D eigenvalue weighted by atomic mass is 35.5. The molecule has 18 heavy (non-hydrogen) atoms. The van der Waals surface area contributed by atoms with Crippen molar-refractivity contribution < 1.29 is 24.1 Å². The topological polar surface area (TPSA) is 61.8 Å². The Labute approximate surface area is 109 Å². The predicted octanol–water partition coefficient (Wildman–Crippen LogP) is 2.33. The van der Waals surface area contributed by atoms with Gasteiger partial charge in [0.1, 0.15) is 0 Å². The molecular weight excluding hydrogens is 260 g/mol. The van der Waals surface area contributed by atoms with E-state index in [1.54, 1.807) is 18.2 Å². The van der Waals surface area contributed by atoms with Crippen molar-refractivity contribution in [2.45, 2.75) is 6.92 Å². The molecule has 0 heterocycles. The highest BCUT2D eigenvalue weighted by Gasteiger charge is 2.07. The predicted molar refractivity (Wildman–Crippen MR) is 65.3 cm³/mol. The summed E-state index contributed by atoms with van der Waals surface area (Å²) in [6, 6.07) is 4.80. The fourth-order valence-electron chi connectivity index (χ4n) is 1.12. The Hall–Kier alpha value is -2.01. The molecule has 0 bridgehead atoms. The Morgan fingerprint density at radius 1 is 1.28 bits per heavy atom. The van der Waals surface area contributed by atoms with Crippen LogP contribution in [0.1, 0.15) is 12.5 Å². The number of hydrogen-bond donors (Lipinski definition) is 0. The normalized spacial score (nSPS) is 10.2. The standard InChI is InChI=1S/C12H11ClO5/c1-8(14)17-18-10-5-3-9(4-6-12(13)15)7-11(10)16-2/h3-7H,1-2H3. The Kier molecular flexibility index (Phi) is 5.20. The van der Waals surface area contributed by atoms with Crippen LogP contribution in [0.2, 0.25) is 0 Å². The van der Waals surface area contributed by atoms with Gasteiger partial charge in [-0.15, -0.1) is 0 Å². The van der Waals surface area contributed by atoms with Crippen molar-refractivity contribution in [1.82, 2.24) is 0 Å². The second-order valence-electron chi connectivity index (χ2n) is 3.21. The van der Waals surface area contributed by atoms with Gasteiger partial charge in [-0.1, -0.05) is 12.1 Å². The first-order valence-corrected chi connectivity index (χ1v) is 5.31. The van der Waals surface area contributed by atoms with Gasteiger partial charge in [0.2, 0.25) is 11.0 Å². The summed E-state index contributed by atoms with van der Waals surface area (Å²) in [5, 5.41) is -0.575. The lowest BCUT2D eigenvalue weighted by atomic mass is 10.2. The zero-order chi connectivity index (χ0) is 13.5. The van der Waals surface area contributed by atoms with Crippen LogP contribution in [0.3, 0.4) is 0 Å². The summed E-state index contributed by atoms with van der Waals surface area (Å²) in [7, 11) is 1.44. The average Bonchev–Trinajstić information content (AvgIpc) is 2.34. The molecule has 0 radical (unpaired) electrons. The Bertz CT molecular complexity index is 481. The number of rotatable bonds is 5. The molecule has 0 saturated carbocycles. The van der Waals surface area contributed by atoms with Crippen LogP contribution in [0.25, 0.3) is 6.08 Å². The van der Waals surface area contributed by atoms with Crippen LogP contribution in [0.5, 0.6) is 11.5 Å². The molecule has 6 heteroatoms. The summed E-state index contributed by atoms with van der Waals surface area (Å²) in [4.78, 5) is 30.4. The number of ether oxygens (including phenoxy) is 1. The Balaban J connectivity index is 2.89. The van der Waals surface area contributed by atoms with Crippen molar-refractivity contribution in [2.75, 3.05) is 7.11 Å². The minimum Gasteiger partial charge on any atom is -0.493 e. The van der Waals surface area contributed by atoms with Crippen LogP contribution in [-0.2, 0) is 14.5 Å². The third-order valence-corrected chi connectivity index (χ3v) is 1.97. The van der Waals surface area contributed by atoms with E-state index in [-0.39, 0.29) is 5.75 Å². The lowest BCUT2D eigenvalue weighted by Crippen LogP contribution is -2.03. The molecule has 1 aromatic rings. The molecule has 1 rings (SSSR count). The monoisotopic (exact) mass is 270 g/mol. The summed E-state index contributed by atoms with van der Waals surface area (Å²) >= 11 is 5.18. The van der Waals surface area contributed by atoms with Crippen molar-refractivity contribution in [3.63, 3.8) is 0 Å². The zero-order valence-electron chi connectivity index (χ0n) is 9.81. The molecule has 5 nitrogen and oxygen atoms in total. The summed E-state index contributed by atoms with van der Waals surface area (Å²) < 4.78 is 5.06. The number of benzene rings is 1. The smallest absolute Gasteiger partial charge is 0.352 e. The molecule has 0 amide bonds. The van der Waals surface area contributed by atoms with E-state index in [0.717, 1.165) is 0 Å². The van der Waals surface area contributed by atoms with Crippen molar-refractivity contribution in [2.24, 2.45) is 0 Å². The van der Waals surface area contributed by atoms with E-state index in [1.807, 2.05) is 0 Å². The van der Waals surface area contributed by atoms with Crippen LogP contribution >= 0.6 is 11.6 Å². The van der Waals surface area contributed by atoms with E-state index in [4.69, 9.17) is 21.2 Å². The molecule has 96 valence electrons. The molecular formula is C12H11ClO5. The van der Waals surface area contributed by atoms with Gasteiger partial charge in [-0.2, -0.15) is 0 Å². The van der Waals surface area contributed by atoms with Crippen LogP contribution in [-0.4, -0.2) is 18.3 Å². The van der Waals surface area contributed by atoms with Gasteiger partial charge >= 0.3 is 5.97 Å². The second-order valence-corrected chi connectivity index (χ2v) is 3.58. The number of halogens is 1. The molecule has 0 aromatic heterocycles. The fourth-order valence-corrected chi connectivity index (χ4v) is 1.18. The molecule has 0 unspecified atom stereocenters. The molecule has 0 aliphatic rings. The molecule has 0 spiro atoms. The first-order chi connectivity index (χ1) is 8.52. The molecule has 0 saturated heterocycles. The largest absolute Gasteiger partial charge is 0.493 e. The fraction of sp³-hybridized carbons (Fsp3) is 0.167. The maximum atomic E-state index is 10.6. The SMILES string of the molecule is COc1cc(C=CC(=O)Cl)ccc1OOC(C)=O. The van der Waals surface area contributed by atoms with Gasteiger partial charge in [-0.3, -0.25) is 14.6 Å². The first kappa shape index (κ1) is 14.1. The van der Waals surface area contributed by atoms with Crippen LogP contribution in [0.4, 0.5) is 0 Å².